The number of allylic oxidation sites excluding steroid dienone is 2. The molecule has 5 rings (SSSR count). The third kappa shape index (κ3) is 6.27. The van der Waals surface area contributed by atoms with Crippen LogP contribution in [0.15, 0.2) is 107 Å². The fourth-order valence-corrected chi connectivity index (χ4v) is 5.04. The highest BCUT2D eigenvalue weighted by molar-refractivity contribution is 9.10. The predicted octanol–water partition coefficient (Wildman–Crippen LogP) is 7.00. The Morgan fingerprint density at radius 3 is 2.56 bits per heavy atom. The average molecular weight is 599 g/mol. The fraction of sp³-hybridized carbons (Fsp3) is 0.0667. The van der Waals surface area contributed by atoms with E-state index in [4.69, 9.17) is 0 Å². The smallest absolute Gasteiger partial charge is 0.234 e. The van der Waals surface area contributed by atoms with Crippen molar-refractivity contribution < 1.29 is 9.59 Å². The Morgan fingerprint density at radius 1 is 1.03 bits per heavy atom. The molecule has 0 unspecified atom stereocenters. The molecule has 1 amide bonds. The highest BCUT2D eigenvalue weighted by Gasteiger charge is 2.17. The van der Waals surface area contributed by atoms with Crippen molar-refractivity contribution in [1.82, 2.24) is 19.7 Å². The van der Waals surface area contributed by atoms with E-state index in [0.717, 1.165) is 26.5 Å². The second-order valence-electron chi connectivity index (χ2n) is 8.62. The molecule has 2 aromatic heterocycles. The maximum absolute atomic E-state index is 12.7. The van der Waals surface area contributed by atoms with E-state index in [9.17, 15) is 9.59 Å². The molecule has 3 aromatic carbocycles. The number of benzene rings is 3. The monoisotopic (exact) mass is 597 g/mol. The van der Waals surface area contributed by atoms with Gasteiger partial charge in [0.25, 0.3) is 0 Å². The summed E-state index contributed by atoms with van der Waals surface area (Å²) in [6.45, 7) is 4.37. The van der Waals surface area contributed by atoms with Crippen molar-refractivity contribution in [2.24, 2.45) is 0 Å². The zero-order chi connectivity index (χ0) is 27.2. The van der Waals surface area contributed by atoms with Crippen LogP contribution in [0.5, 0.6) is 0 Å². The van der Waals surface area contributed by atoms with Crippen LogP contribution in [0, 0.1) is 0 Å². The second-order valence-corrected chi connectivity index (χ2v) is 10.5. The highest BCUT2D eigenvalue weighted by atomic mass is 79.9. The van der Waals surface area contributed by atoms with E-state index in [1.165, 1.54) is 17.8 Å². The number of carbonyl (C=O) groups is 2. The summed E-state index contributed by atoms with van der Waals surface area (Å²) in [6, 6.07) is 22.5. The molecule has 0 aliphatic heterocycles. The number of nitrogens with zero attached hydrogens (tertiary/aromatic N) is 3. The van der Waals surface area contributed by atoms with Gasteiger partial charge in [0, 0.05) is 44.9 Å². The van der Waals surface area contributed by atoms with Gasteiger partial charge in [-0.3, -0.25) is 14.2 Å². The predicted molar refractivity (Wildman–Crippen MR) is 161 cm³/mol. The second kappa shape index (κ2) is 12.1. The van der Waals surface area contributed by atoms with Crippen LogP contribution >= 0.6 is 27.7 Å². The van der Waals surface area contributed by atoms with Crippen molar-refractivity contribution in [1.29, 1.82) is 0 Å². The van der Waals surface area contributed by atoms with Crippen molar-refractivity contribution in [2.45, 2.75) is 11.7 Å². The molecule has 2 N–H and O–H groups in total. The number of hydrogen-bond acceptors (Lipinski definition) is 5. The van der Waals surface area contributed by atoms with Gasteiger partial charge in [0.05, 0.1) is 5.75 Å². The van der Waals surface area contributed by atoms with Gasteiger partial charge in [-0.15, -0.1) is 16.8 Å². The summed E-state index contributed by atoms with van der Waals surface area (Å²) in [5.41, 5.74) is 4.05. The van der Waals surface area contributed by atoms with Gasteiger partial charge >= 0.3 is 0 Å². The van der Waals surface area contributed by atoms with Crippen molar-refractivity contribution >= 4 is 62.0 Å². The molecule has 0 aliphatic rings. The number of thioether (sulfide) groups is 1. The molecule has 2 heterocycles. The Labute approximate surface area is 238 Å². The highest BCUT2D eigenvalue weighted by Crippen LogP contribution is 2.30. The average Bonchev–Trinajstić information content (AvgIpc) is 3.56. The number of hydrogen-bond donors (Lipinski definition) is 2. The van der Waals surface area contributed by atoms with Gasteiger partial charge in [0.1, 0.15) is 0 Å². The normalized spacial score (nSPS) is 11.2. The largest absolute Gasteiger partial charge is 0.360 e. The van der Waals surface area contributed by atoms with E-state index in [1.54, 1.807) is 36.4 Å². The maximum atomic E-state index is 12.7. The summed E-state index contributed by atoms with van der Waals surface area (Å²) >= 11 is 4.70. The van der Waals surface area contributed by atoms with Crippen LogP contribution in [0.3, 0.4) is 0 Å². The van der Waals surface area contributed by atoms with Gasteiger partial charge in [-0.1, -0.05) is 70.2 Å². The SMILES string of the molecule is C=CCn1c(SCC(=O)Nc2ccc(C(=O)/C=C/c3ccc(Br)cc3)cc2)nnc1-c1c[nH]c2ccccc12. The Morgan fingerprint density at radius 2 is 1.79 bits per heavy atom. The first-order valence-corrected chi connectivity index (χ1v) is 13.9. The van der Waals surface area contributed by atoms with Crippen LogP contribution in [-0.2, 0) is 11.3 Å². The van der Waals surface area contributed by atoms with Gasteiger partial charge in [-0.2, -0.15) is 0 Å². The molecule has 0 atom stereocenters. The zero-order valence-corrected chi connectivity index (χ0v) is 23.2. The van der Waals surface area contributed by atoms with Crippen molar-refractivity contribution in [3.63, 3.8) is 0 Å². The van der Waals surface area contributed by atoms with E-state index in [-0.39, 0.29) is 17.4 Å². The van der Waals surface area contributed by atoms with Crippen LogP contribution in [-0.4, -0.2) is 37.2 Å². The lowest BCUT2D eigenvalue weighted by Gasteiger charge is -2.08. The van der Waals surface area contributed by atoms with Crippen LogP contribution in [0.1, 0.15) is 15.9 Å². The number of anilines is 1. The molecule has 194 valence electrons. The van der Waals surface area contributed by atoms with Crippen molar-refractivity contribution in [2.75, 3.05) is 11.1 Å². The summed E-state index contributed by atoms with van der Waals surface area (Å²) in [5.74, 6) is 0.569. The molecule has 0 radical (unpaired) electrons. The molecule has 5 aromatic rings. The number of halogens is 1. The molecule has 0 bridgehead atoms. The summed E-state index contributed by atoms with van der Waals surface area (Å²) in [5, 5.41) is 13.3. The molecule has 9 heteroatoms. The third-order valence-electron chi connectivity index (χ3n) is 5.94. The van der Waals surface area contributed by atoms with E-state index < -0.39 is 0 Å². The number of H-pyrrole nitrogens is 1. The first kappa shape index (κ1) is 26.4. The molecule has 0 saturated heterocycles. The minimum atomic E-state index is -0.184. The Kier molecular flexibility index (Phi) is 8.19. The van der Waals surface area contributed by atoms with E-state index >= 15 is 0 Å². The number of para-hydroxylation sites is 1. The number of aromatic nitrogens is 4. The Bertz CT molecular complexity index is 1670. The lowest BCUT2D eigenvalue weighted by atomic mass is 10.1. The van der Waals surface area contributed by atoms with Crippen LogP contribution in [0.4, 0.5) is 5.69 Å². The number of fused-ring (bicyclic) bond motifs is 1. The van der Waals surface area contributed by atoms with Gasteiger partial charge < -0.3 is 10.3 Å². The lowest BCUT2D eigenvalue weighted by molar-refractivity contribution is -0.113. The molecule has 39 heavy (non-hydrogen) atoms. The third-order valence-corrected chi connectivity index (χ3v) is 7.44. The number of amides is 1. The van der Waals surface area contributed by atoms with Gasteiger partial charge in [0.15, 0.2) is 16.8 Å². The number of carbonyl (C=O) groups excluding carboxylic acids is 2. The first-order chi connectivity index (χ1) is 19.0. The summed E-state index contributed by atoms with van der Waals surface area (Å²) in [6.07, 6.45) is 7.01. The quantitative estimate of drug-likeness (QED) is 0.0782. The van der Waals surface area contributed by atoms with E-state index in [1.807, 2.05) is 59.3 Å². The van der Waals surface area contributed by atoms with Gasteiger partial charge in [0.2, 0.25) is 5.91 Å². The number of rotatable bonds is 10. The van der Waals surface area contributed by atoms with E-state index in [0.29, 0.717) is 28.8 Å². The molecule has 0 spiro atoms. The molecule has 0 fully saturated rings. The first-order valence-electron chi connectivity index (χ1n) is 12.1. The summed E-state index contributed by atoms with van der Waals surface area (Å²) in [7, 11) is 0. The maximum Gasteiger partial charge on any atom is 0.234 e. The molecule has 0 saturated carbocycles. The lowest BCUT2D eigenvalue weighted by Crippen LogP contribution is -2.14. The Hall–Kier alpha value is -4.21. The van der Waals surface area contributed by atoms with Crippen molar-refractivity contribution in [3.8, 4) is 11.4 Å². The summed E-state index contributed by atoms with van der Waals surface area (Å²) < 4.78 is 2.93. The van der Waals surface area contributed by atoms with Gasteiger partial charge in [-0.25, -0.2) is 0 Å². The van der Waals surface area contributed by atoms with Crippen LogP contribution < -0.4 is 5.32 Å². The number of ketones is 1. The number of aromatic amines is 1. The molecular weight excluding hydrogens is 574 g/mol. The fourth-order valence-electron chi connectivity index (χ4n) is 4.03. The van der Waals surface area contributed by atoms with Crippen LogP contribution in [0.25, 0.3) is 28.4 Å². The number of nitrogens with one attached hydrogen (secondary N) is 2. The minimum Gasteiger partial charge on any atom is -0.360 e. The molecule has 0 aliphatic carbocycles. The van der Waals surface area contributed by atoms with E-state index in [2.05, 4.69) is 43.0 Å². The molecule has 7 nitrogen and oxygen atoms in total. The minimum absolute atomic E-state index is 0.112. The van der Waals surface area contributed by atoms with Crippen LogP contribution in [0.2, 0.25) is 0 Å². The molecular formula is C30H24BrN5O2S. The van der Waals surface area contributed by atoms with Crippen molar-refractivity contribution in [3.05, 3.63) is 113 Å². The Balaban J connectivity index is 1.21. The van der Waals surface area contributed by atoms with Gasteiger partial charge in [-0.05, 0) is 54.1 Å². The summed E-state index contributed by atoms with van der Waals surface area (Å²) in [4.78, 5) is 28.4. The topological polar surface area (TPSA) is 92.7 Å². The standard InChI is InChI=1S/C30H24BrN5O2S/c1-2-17-36-29(25-18-32-26-6-4-3-5-24(25)26)34-35-30(36)39-19-28(38)33-23-14-10-21(11-15-23)27(37)16-9-20-7-12-22(31)13-8-20/h2-16,18,32H,1,17,19H2,(H,33,38)/b16-9+. The zero-order valence-electron chi connectivity index (χ0n) is 20.8.